The molecule has 138 valence electrons. The van der Waals surface area contributed by atoms with Gasteiger partial charge in [0.1, 0.15) is 17.6 Å². The number of aromatic nitrogens is 1. The number of anilines is 1. The number of nitrogens with zero attached hydrogens (tertiary/aromatic N) is 2. The predicted octanol–water partition coefficient (Wildman–Crippen LogP) is 2.86. The highest BCUT2D eigenvalue weighted by molar-refractivity contribution is 5.94. The van der Waals surface area contributed by atoms with Gasteiger partial charge in [0.2, 0.25) is 0 Å². The fourth-order valence-corrected chi connectivity index (χ4v) is 3.88. The summed E-state index contributed by atoms with van der Waals surface area (Å²) in [4.78, 5) is 18.9. The molecular weight excluding hydrogens is 330 g/mol. The van der Waals surface area contributed by atoms with E-state index in [1.54, 1.807) is 18.5 Å². The first-order valence-electron chi connectivity index (χ1n) is 9.37. The van der Waals surface area contributed by atoms with Crippen LogP contribution in [0.1, 0.15) is 31.3 Å². The van der Waals surface area contributed by atoms with Crippen molar-refractivity contribution in [3.8, 4) is 0 Å². The van der Waals surface area contributed by atoms with Crippen molar-refractivity contribution in [2.75, 3.05) is 18.4 Å². The van der Waals surface area contributed by atoms with Gasteiger partial charge in [0, 0.05) is 19.2 Å². The van der Waals surface area contributed by atoms with Crippen molar-refractivity contribution in [2.45, 2.75) is 44.9 Å². The number of hydrogen-bond donors (Lipinski definition) is 1. The first-order valence-corrected chi connectivity index (χ1v) is 9.37. The van der Waals surface area contributed by atoms with Crippen LogP contribution in [0, 0.1) is 5.92 Å². The number of amides is 1. The van der Waals surface area contributed by atoms with Gasteiger partial charge in [-0.05, 0) is 49.6 Å². The smallest absolute Gasteiger partial charge is 0.253 e. The number of rotatable bonds is 5. The molecule has 2 saturated heterocycles. The number of fused-ring (bicyclic) bond motifs is 1. The van der Waals surface area contributed by atoms with Crippen molar-refractivity contribution < 1.29 is 13.9 Å². The zero-order valence-electron chi connectivity index (χ0n) is 15.1. The summed E-state index contributed by atoms with van der Waals surface area (Å²) in [5, 5.41) is 2.90. The number of likely N-dealkylation sites (tertiary alicyclic amines) is 1. The minimum atomic E-state index is -0.375. The Morgan fingerprint density at radius 2 is 2.23 bits per heavy atom. The first-order chi connectivity index (χ1) is 12.7. The van der Waals surface area contributed by atoms with Gasteiger partial charge in [-0.25, -0.2) is 0 Å². The molecule has 0 spiro atoms. The summed E-state index contributed by atoms with van der Waals surface area (Å²) in [6.45, 7) is 4.77. The van der Waals surface area contributed by atoms with Gasteiger partial charge in [-0.2, -0.15) is 0 Å². The number of hydrogen-bond acceptors (Lipinski definition) is 5. The molecule has 6 nitrogen and oxygen atoms in total. The lowest BCUT2D eigenvalue weighted by atomic mass is 9.91. The molecule has 2 fully saturated rings. The molecule has 1 amide bonds. The fraction of sp³-hybridized carbons (Fsp3) is 0.500. The van der Waals surface area contributed by atoms with E-state index in [0.717, 1.165) is 50.4 Å². The third-order valence-electron chi connectivity index (χ3n) is 5.30. The minimum absolute atomic E-state index is 0.0717. The molecule has 1 N–H and O–H groups in total. The Morgan fingerprint density at radius 1 is 1.35 bits per heavy atom. The highest BCUT2D eigenvalue weighted by Crippen LogP contribution is 2.34. The second-order valence-corrected chi connectivity index (χ2v) is 7.14. The van der Waals surface area contributed by atoms with Crippen LogP contribution in [0.3, 0.4) is 0 Å². The number of carbonyl (C=O) groups excluding carboxylic acids is 1. The van der Waals surface area contributed by atoms with Gasteiger partial charge in [0.15, 0.2) is 0 Å². The van der Waals surface area contributed by atoms with Gasteiger partial charge in [0.05, 0.1) is 24.5 Å². The van der Waals surface area contributed by atoms with Crippen molar-refractivity contribution in [3.05, 3.63) is 48.2 Å². The zero-order valence-corrected chi connectivity index (χ0v) is 15.1. The molecule has 0 aliphatic carbocycles. The topological polar surface area (TPSA) is 67.6 Å². The predicted molar refractivity (Wildman–Crippen MR) is 97.6 cm³/mol. The van der Waals surface area contributed by atoms with Crippen LogP contribution >= 0.6 is 0 Å². The molecule has 0 radical (unpaired) electrons. The van der Waals surface area contributed by atoms with E-state index >= 15 is 0 Å². The molecule has 0 bridgehead atoms. The number of aryl methyl sites for hydroxylation is 1. The van der Waals surface area contributed by atoms with E-state index in [2.05, 4.69) is 28.2 Å². The molecule has 2 aliphatic rings. The molecule has 2 aromatic heterocycles. The lowest BCUT2D eigenvalue weighted by Crippen LogP contribution is -2.41. The highest BCUT2D eigenvalue weighted by Gasteiger charge is 2.41. The normalized spacial score (nSPS) is 25.8. The van der Waals surface area contributed by atoms with Crippen LogP contribution in [-0.4, -0.2) is 41.1 Å². The van der Waals surface area contributed by atoms with E-state index in [9.17, 15) is 4.79 Å². The van der Waals surface area contributed by atoms with Crippen LogP contribution < -0.4 is 5.32 Å². The van der Waals surface area contributed by atoms with Crippen LogP contribution in [0.15, 0.2) is 41.1 Å². The summed E-state index contributed by atoms with van der Waals surface area (Å²) in [6, 6.07) is 7.75. The molecule has 0 saturated carbocycles. The third-order valence-corrected chi connectivity index (χ3v) is 5.30. The summed E-state index contributed by atoms with van der Waals surface area (Å²) >= 11 is 0. The van der Waals surface area contributed by atoms with Crippen LogP contribution in [0.25, 0.3) is 0 Å². The van der Waals surface area contributed by atoms with Crippen molar-refractivity contribution in [1.82, 2.24) is 9.88 Å². The summed E-state index contributed by atoms with van der Waals surface area (Å²) < 4.78 is 11.9. The van der Waals surface area contributed by atoms with Crippen LogP contribution in [-0.2, 0) is 22.5 Å². The van der Waals surface area contributed by atoms with Crippen molar-refractivity contribution >= 4 is 11.6 Å². The number of carbonyl (C=O) groups is 1. The second-order valence-electron chi connectivity index (χ2n) is 7.14. The SMILES string of the molecule is CCc1ccc(CN2CC[C@H]3C[C@@H](C(=O)Nc4cccnc4)O[C@@H]3C2)o1. The van der Waals surface area contributed by atoms with Gasteiger partial charge in [0.25, 0.3) is 5.91 Å². The summed E-state index contributed by atoms with van der Waals surface area (Å²) in [6.07, 6.45) is 5.85. The lowest BCUT2D eigenvalue weighted by Gasteiger charge is -2.33. The standard InChI is InChI=1S/C20H25N3O3/c1-2-16-5-6-17(25-16)12-23-9-7-14-10-18(26-19(14)13-23)20(24)22-15-4-3-8-21-11-15/h3-6,8,11,14,18-19H,2,7,9-10,12-13H2,1H3,(H,22,24)/t14-,18-,19+/m0/s1. The van der Waals surface area contributed by atoms with E-state index < -0.39 is 0 Å². The Kier molecular flexibility index (Phi) is 5.04. The van der Waals surface area contributed by atoms with Gasteiger partial charge >= 0.3 is 0 Å². The molecule has 0 aromatic carbocycles. The van der Waals surface area contributed by atoms with E-state index in [1.165, 1.54) is 0 Å². The quantitative estimate of drug-likeness (QED) is 0.893. The molecular formula is C20H25N3O3. The summed E-state index contributed by atoms with van der Waals surface area (Å²) in [7, 11) is 0. The Labute approximate surface area is 153 Å². The first kappa shape index (κ1) is 17.2. The molecule has 3 atom stereocenters. The van der Waals surface area contributed by atoms with Crippen molar-refractivity contribution in [2.24, 2.45) is 5.92 Å². The Morgan fingerprint density at radius 3 is 3.00 bits per heavy atom. The Balaban J connectivity index is 1.32. The summed E-state index contributed by atoms with van der Waals surface area (Å²) in [5.74, 6) is 2.42. The fourth-order valence-electron chi connectivity index (χ4n) is 3.88. The molecule has 2 aromatic rings. The molecule has 26 heavy (non-hydrogen) atoms. The van der Waals surface area contributed by atoms with Gasteiger partial charge in [-0.1, -0.05) is 6.92 Å². The van der Waals surface area contributed by atoms with Crippen LogP contribution in [0.2, 0.25) is 0 Å². The van der Waals surface area contributed by atoms with Crippen LogP contribution in [0.5, 0.6) is 0 Å². The van der Waals surface area contributed by atoms with E-state index in [1.807, 2.05) is 12.1 Å². The van der Waals surface area contributed by atoms with Crippen LogP contribution in [0.4, 0.5) is 5.69 Å². The third kappa shape index (κ3) is 3.81. The number of nitrogens with one attached hydrogen (secondary N) is 1. The molecule has 4 heterocycles. The maximum Gasteiger partial charge on any atom is 0.253 e. The van der Waals surface area contributed by atoms with E-state index in [-0.39, 0.29) is 18.1 Å². The lowest BCUT2D eigenvalue weighted by molar-refractivity contribution is -0.127. The molecule has 4 rings (SSSR count). The average Bonchev–Trinajstić information content (AvgIpc) is 3.29. The van der Waals surface area contributed by atoms with Crippen molar-refractivity contribution in [1.29, 1.82) is 0 Å². The Hall–Kier alpha value is -2.18. The highest BCUT2D eigenvalue weighted by atomic mass is 16.5. The number of piperidine rings is 1. The van der Waals surface area contributed by atoms with Crippen molar-refractivity contribution in [3.63, 3.8) is 0 Å². The maximum atomic E-state index is 12.5. The average molecular weight is 355 g/mol. The minimum Gasteiger partial charge on any atom is -0.465 e. The van der Waals surface area contributed by atoms with E-state index in [4.69, 9.17) is 9.15 Å². The maximum absolute atomic E-state index is 12.5. The molecule has 0 unspecified atom stereocenters. The van der Waals surface area contributed by atoms with Gasteiger partial charge in [-0.3, -0.25) is 14.7 Å². The van der Waals surface area contributed by atoms with E-state index in [0.29, 0.717) is 11.6 Å². The number of pyridine rings is 1. The van der Waals surface area contributed by atoms with Gasteiger partial charge in [-0.15, -0.1) is 0 Å². The molecule has 6 heteroatoms. The number of furan rings is 1. The number of ether oxygens (including phenoxy) is 1. The Bertz CT molecular complexity index is 746. The largest absolute Gasteiger partial charge is 0.465 e. The monoisotopic (exact) mass is 355 g/mol. The van der Waals surface area contributed by atoms with Gasteiger partial charge < -0.3 is 14.5 Å². The summed E-state index contributed by atoms with van der Waals surface area (Å²) in [5.41, 5.74) is 0.710. The molecule has 2 aliphatic heterocycles. The second kappa shape index (κ2) is 7.60. The zero-order chi connectivity index (χ0) is 17.9.